The summed E-state index contributed by atoms with van der Waals surface area (Å²) in [6.45, 7) is 2.46. The SMILES string of the molecule is C[C@H]1C2CCC(CC2)[C@@H]1Cc1cc(-c2ccsc2)nc(-c2c[nH]c3ncc(Cl)nc23)n1. The van der Waals surface area contributed by atoms with Gasteiger partial charge in [-0.2, -0.15) is 11.3 Å². The molecule has 3 aliphatic rings. The predicted molar refractivity (Wildman–Crippen MR) is 125 cm³/mol. The monoisotopic (exact) mass is 449 g/mol. The van der Waals surface area contributed by atoms with Gasteiger partial charge in [0.1, 0.15) is 10.7 Å². The number of H-pyrrole nitrogens is 1. The van der Waals surface area contributed by atoms with Crippen LogP contribution in [-0.4, -0.2) is 24.9 Å². The minimum absolute atomic E-state index is 0.370. The van der Waals surface area contributed by atoms with Gasteiger partial charge in [0.05, 0.1) is 17.5 Å². The van der Waals surface area contributed by atoms with Crippen molar-refractivity contribution in [1.29, 1.82) is 0 Å². The van der Waals surface area contributed by atoms with Crippen LogP contribution in [0, 0.1) is 23.7 Å². The first-order valence-electron chi connectivity index (χ1n) is 11.1. The van der Waals surface area contributed by atoms with E-state index in [0.29, 0.717) is 28.1 Å². The first-order chi connectivity index (χ1) is 15.2. The smallest absolute Gasteiger partial charge is 0.163 e. The van der Waals surface area contributed by atoms with Gasteiger partial charge in [0.25, 0.3) is 0 Å². The van der Waals surface area contributed by atoms with Crippen molar-refractivity contribution in [2.24, 2.45) is 23.7 Å². The number of halogens is 1. The lowest BCUT2D eigenvalue weighted by molar-refractivity contribution is 0.0339. The molecular weight excluding hydrogens is 426 g/mol. The van der Waals surface area contributed by atoms with E-state index in [-0.39, 0.29) is 0 Å². The Hall–Kier alpha value is -2.31. The van der Waals surface area contributed by atoms with Crippen LogP contribution in [0.15, 0.2) is 35.3 Å². The lowest BCUT2D eigenvalue weighted by Crippen LogP contribution is -2.39. The van der Waals surface area contributed by atoms with E-state index in [0.717, 1.165) is 46.7 Å². The lowest BCUT2D eigenvalue weighted by Gasteiger charge is -2.47. The van der Waals surface area contributed by atoms with Crippen LogP contribution in [0.2, 0.25) is 5.15 Å². The van der Waals surface area contributed by atoms with Gasteiger partial charge in [-0.05, 0) is 73.3 Å². The second-order valence-electron chi connectivity index (χ2n) is 9.07. The van der Waals surface area contributed by atoms with Gasteiger partial charge < -0.3 is 4.98 Å². The summed E-state index contributed by atoms with van der Waals surface area (Å²) in [4.78, 5) is 22.0. The molecule has 0 unspecified atom stereocenters. The molecule has 0 spiro atoms. The fourth-order valence-corrected chi connectivity index (χ4v) is 6.58. The van der Waals surface area contributed by atoms with Crippen molar-refractivity contribution in [3.05, 3.63) is 46.1 Å². The average molecular weight is 450 g/mol. The lowest BCUT2D eigenvalue weighted by atomic mass is 9.58. The predicted octanol–water partition coefficient (Wildman–Crippen LogP) is 6.41. The maximum atomic E-state index is 6.13. The van der Waals surface area contributed by atoms with Gasteiger partial charge >= 0.3 is 0 Å². The van der Waals surface area contributed by atoms with Crippen molar-refractivity contribution in [3.63, 3.8) is 0 Å². The van der Waals surface area contributed by atoms with E-state index in [1.165, 1.54) is 25.7 Å². The van der Waals surface area contributed by atoms with Crippen molar-refractivity contribution in [2.75, 3.05) is 0 Å². The van der Waals surface area contributed by atoms with Crippen molar-refractivity contribution in [1.82, 2.24) is 24.9 Å². The van der Waals surface area contributed by atoms with Gasteiger partial charge in [-0.25, -0.2) is 19.9 Å². The number of aromatic amines is 1. The molecule has 4 aromatic rings. The van der Waals surface area contributed by atoms with Gasteiger partial charge in [-0.15, -0.1) is 0 Å². The van der Waals surface area contributed by atoms with Crippen LogP contribution in [0.3, 0.4) is 0 Å². The van der Waals surface area contributed by atoms with Crippen LogP contribution in [0.5, 0.6) is 0 Å². The summed E-state index contributed by atoms with van der Waals surface area (Å²) in [6, 6.07) is 4.31. The first-order valence-corrected chi connectivity index (χ1v) is 12.4. The highest BCUT2D eigenvalue weighted by molar-refractivity contribution is 7.08. The van der Waals surface area contributed by atoms with Crippen molar-refractivity contribution >= 4 is 34.1 Å². The molecule has 4 aromatic heterocycles. The zero-order valence-corrected chi connectivity index (χ0v) is 19.0. The maximum Gasteiger partial charge on any atom is 0.163 e. The molecule has 7 heteroatoms. The summed E-state index contributed by atoms with van der Waals surface area (Å²) < 4.78 is 0. The third kappa shape index (κ3) is 3.46. The highest BCUT2D eigenvalue weighted by Crippen LogP contribution is 2.49. The molecule has 0 radical (unpaired) electrons. The van der Waals surface area contributed by atoms with Crippen LogP contribution >= 0.6 is 22.9 Å². The van der Waals surface area contributed by atoms with E-state index in [1.54, 1.807) is 17.5 Å². The third-order valence-electron chi connectivity index (χ3n) is 7.47. The van der Waals surface area contributed by atoms with Crippen molar-refractivity contribution in [2.45, 2.75) is 39.0 Å². The Morgan fingerprint density at radius 1 is 1.13 bits per heavy atom. The molecular formula is C24H24ClN5S. The molecule has 3 saturated carbocycles. The molecule has 0 aromatic carbocycles. The number of hydrogen-bond donors (Lipinski definition) is 1. The molecule has 31 heavy (non-hydrogen) atoms. The molecule has 7 rings (SSSR count). The fourth-order valence-electron chi connectivity index (χ4n) is 5.79. The summed E-state index contributed by atoms with van der Waals surface area (Å²) in [5.74, 6) is 3.89. The van der Waals surface area contributed by atoms with Crippen LogP contribution in [-0.2, 0) is 6.42 Å². The topological polar surface area (TPSA) is 67.3 Å². The van der Waals surface area contributed by atoms with E-state index in [1.807, 2.05) is 6.20 Å². The molecule has 0 amide bonds. The Morgan fingerprint density at radius 2 is 1.97 bits per heavy atom. The molecule has 0 saturated heterocycles. The van der Waals surface area contributed by atoms with E-state index >= 15 is 0 Å². The van der Waals surface area contributed by atoms with Gasteiger partial charge in [-0.3, -0.25) is 0 Å². The summed E-state index contributed by atoms with van der Waals surface area (Å²) in [5, 5.41) is 4.61. The largest absolute Gasteiger partial charge is 0.344 e. The van der Waals surface area contributed by atoms with Crippen molar-refractivity contribution in [3.8, 4) is 22.6 Å². The number of thiophene rings is 1. The highest BCUT2D eigenvalue weighted by atomic mass is 35.5. The van der Waals surface area contributed by atoms with Crippen molar-refractivity contribution < 1.29 is 0 Å². The molecule has 3 aliphatic carbocycles. The number of hydrogen-bond acceptors (Lipinski definition) is 5. The van der Waals surface area contributed by atoms with E-state index in [2.05, 4.69) is 44.8 Å². The summed E-state index contributed by atoms with van der Waals surface area (Å²) in [7, 11) is 0. The Bertz CT molecular complexity index is 1220. The Balaban J connectivity index is 1.44. The van der Waals surface area contributed by atoms with Crippen LogP contribution < -0.4 is 0 Å². The number of aromatic nitrogens is 5. The molecule has 0 aliphatic heterocycles. The fraction of sp³-hybridized carbons (Fsp3) is 0.417. The number of fused-ring (bicyclic) bond motifs is 4. The Kier molecular flexibility index (Phi) is 4.80. The molecule has 2 atom stereocenters. The second kappa shape index (κ2) is 7.68. The number of nitrogens with one attached hydrogen (secondary N) is 1. The number of nitrogens with zero attached hydrogens (tertiary/aromatic N) is 4. The zero-order chi connectivity index (χ0) is 20.9. The van der Waals surface area contributed by atoms with Gasteiger partial charge in [0.2, 0.25) is 0 Å². The molecule has 4 heterocycles. The number of rotatable bonds is 4. The third-order valence-corrected chi connectivity index (χ3v) is 8.34. The van der Waals surface area contributed by atoms with E-state index in [9.17, 15) is 0 Å². The minimum Gasteiger partial charge on any atom is -0.344 e. The second-order valence-corrected chi connectivity index (χ2v) is 10.2. The first kappa shape index (κ1) is 19.4. The molecule has 158 valence electrons. The normalized spacial score (nSPS) is 25.4. The zero-order valence-electron chi connectivity index (χ0n) is 17.4. The maximum absolute atomic E-state index is 6.13. The molecule has 1 N–H and O–H groups in total. The Morgan fingerprint density at radius 3 is 2.74 bits per heavy atom. The molecule has 3 fully saturated rings. The van der Waals surface area contributed by atoms with Gasteiger partial charge in [0, 0.05) is 22.8 Å². The van der Waals surface area contributed by atoms with E-state index < -0.39 is 0 Å². The van der Waals surface area contributed by atoms with E-state index in [4.69, 9.17) is 21.6 Å². The molecule has 5 nitrogen and oxygen atoms in total. The van der Waals surface area contributed by atoms with Crippen LogP contribution in [0.4, 0.5) is 0 Å². The quantitative estimate of drug-likeness (QED) is 0.390. The van der Waals surface area contributed by atoms with Gasteiger partial charge in [-0.1, -0.05) is 18.5 Å². The van der Waals surface area contributed by atoms with Gasteiger partial charge in [0.15, 0.2) is 11.5 Å². The summed E-state index contributed by atoms with van der Waals surface area (Å²) >= 11 is 7.82. The minimum atomic E-state index is 0.370. The van der Waals surface area contributed by atoms with Crippen LogP contribution in [0.1, 0.15) is 38.3 Å². The molecule has 2 bridgehead atoms. The Labute approximate surface area is 190 Å². The van der Waals surface area contributed by atoms with Crippen LogP contribution in [0.25, 0.3) is 33.8 Å². The average Bonchev–Trinajstić information content (AvgIpc) is 3.46. The summed E-state index contributed by atoms with van der Waals surface area (Å²) in [6.07, 6.45) is 10.0. The standard InChI is InChI=1S/C24H24ClN5S/c1-13-14-2-4-15(5-3-14)18(13)8-17-9-20(16-6-7-31-12-16)29-23(28-17)19-10-26-24-22(19)30-21(25)11-27-24/h6-7,9-15,18H,2-5,8H2,1H3,(H,26,27)/t13-,14?,15?,18+/m0/s1. The summed E-state index contributed by atoms with van der Waals surface area (Å²) in [5.41, 5.74) is 5.49. The highest BCUT2D eigenvalue weighted by Gasteiger charge is 2.41.